The molecule has 2 rings (SSSR count). The van der Waals surface area contributed by atoms with E-state index in [2.05, 4.69) is 25.9 Å². The fourth-order valence-electron chi connectivity index (χ4n) is 2.65. The van der Waals surface area contributed by atoms with Gasteiger partial charge in [0.15, 0.2) is 11.5 Å². The van der Waals surface area contributed by atoms with Crippen molar-refractivity contribution in [2.45, 2.75) is 58.8 Å². The van der Waals surface area contributed by atoms with E-state index in [1.807, 2.05) is 0 Å². The molecule has 6 nitrogen and oxygen atoms in total. The van der Waals surface area contributed by atoms with Crippen LogP contribution in [0.3, 0.4) is 0 Å². The van der Waals surface area contributed by atoms with Gasteiger partial charge in [-0.1, -0.05) is 25.9 Å². The lowest BCUT2D eigenvalue weighted by Crippen LogP contribution is -2.40. The molecule has 0 aliphatic carbocycles. The molecule has 0 spiro atoms. The van der Waals surface area contributed by atoms with Gasteiger partial charge in [-0.2, -0.15) is 0 Å². The predicted octanol–water partition coefficient (Wildman–Crippen LogP) is 2.96. The second-order valence-corrected chi connectivity index (χ2v) is 6.63. The molecule has 1 aliphatic rings. The van der Waals surface area contributed by atoms with E-state index in [0.29, 0.717) is 17.7 Å². The molecule has 0 amide bonds. The molecule has 118 valence electrons. The molecule has 1 unspecified atom stereocenters. The van der Waals surface area contributed by atoms with Crippen LogP contribution in [0.5, 0.6) is 0 Å². The Bertz CT molecular complexity index is 517. The van der Waals surface area contributed by atoms with Gasteiger partial charge in [-0.05, 0) is 12.3 Å². The summed E-state index contributed by atoms with van der Waals surface area (Å²) in [5.74, 6) is -0.600. The van der Waals surface area contributed by atoms with Crippen LogP contribution in [0.4, 0.5) is 0 Å². The average molecular weight is 297 g/mol. The summed E-state index contributed by atoms with van der Waals surface area (Å²) in [6.07, 6.45) is 1.20. The van der Waals surface area contributed by atoms with Gasteiger partial charge in [0, 0.05) is 25.5 Å². The van der Waals surface area contributed by atoms with Crippen molar-refractivity contribution in [3.63, 3.8) is 0 Å². The normalized spacial score (nSPS) is 26.8. The Hall–Kier alpha value is -1.40. The highest BCUT2D eigenvalue weighted by Crippen LogP contribution is 2.40. The molecule has 1 aromatic heterocycles. The molecular formula is C15H23NO5. The maximum Gasteiger partial charge on any atom is 0.358 e. The molecule has 1 saturated heterocycles. The highest BCUT2D eigenvalue weighted by molar-refractivity contribution is 5.87. The molecule has 1 aromatic rings. The first-order valence-corrected chi connectivity index (χ1v) is 7.11. The van der Waals surface area contributed by atoms with Crippen LogP contribution < -0.4 is 0 Å². The smallest absolute Gasteiger partial charge is 0.358 e. The van der Waals surface area contributed by atoms with Crippen LogP contribution in [0.15, 0.2) is 4.52 Å². The third kappa shape index (κ3) is 3.27. The zero-order chi connectivity index (χ0) is 15.8. The van der Waals surface area contributed by atoms with Crippen molar-refractivity contribution in [1.29, 1.82) is 0 Å². The third-order valence-corrected chi connectivity index (χ3v) is 4.04. The highest BCUT2D eigenvalue weighted by Gasteiger charge is 2.39. The number of aromatic carboxylic acids is 1. The van der Waals surface area contributed by atoms with Crippen molar-refractivity contribution in [2.24, 2.45) is 5.41 Å². The average Bonchev–Trinajstić information content (AvgIpc) is 2.79. The van der Waals surface area contributed by atoms with E-state index in [1.54, 1.807) is 14.0 Å². The molecule has 0 saturated carbocycles. The SMILES string of the molecule is CO[C@@H]1CC(C(C)(C)C)O[C@@H](c2onc(C(=O)O)c2C)C1. The molecule has 1 fully saturated rings. The van der Waals surface area contributed by atoms with Crippen molar-refractivity contribution in [3.05, 3.63) is 17.0 Å². The van der Waals surface area contributed by atoms with Crippen molar-refractivity contribution >= 4 is 5.97 Å². The summed E-state index contributed by atoms with van der Waals surface area (Å²) in [6, 6.07) is 0. The van der Waals surface area contributed by atoms with Gasteiger partial charge >= 0.3 is 5.97 Å². The van der Waals surface area contributed by atoms with Gasteiger partial charge in [0.25, 0.3) is 0 Å². The minimum atomic E-state index is -1.09. The zero-order valence-corrected chi connectivity index (χ0v) is 13.2. The van der Waals surface area contributed by atoms with Crippen LogP contribution >= 0.6 is 0 Å². The monoisotopic (exact) mass is 297 g/mol. The Morgan fingerprint density at radius 3 is 2.52 bits per heavy atom. The number of carbonyl (C=O) groups is 1. The Kier molecular flexibility index (Phi) is 4.39. The number of carboxylic acids is 1. The molecule has 2 heterocycles. The van der Waals surface area contributed by atoms with Crippen molar-refractivity contribution < 1.29 is 23.9 Å². The second kappa shape index (κ2) is 5.77. The summed E-state index contributed by atoms with van der Waals surface area (Å²) in [6.45, 7) is 8.04. The minimum absolute atomic E-state index is 0.0129. The first kappa shape index (κ1) is 16.0. The Morgan fingerprint density at radius 2 is 2.05 bits per heavy atom. The van der Waals surface area contributed by atoms with Gasteiger partial charge in [-0.3, -0.25) is 0 Å². The summed E-state index contributed by atoms with van der Waals surface area (Å²) >= 11 is 0. The van der Waals surface area contributed by atoms with Crippen LogP contribution in [-0.2, 0) is 9.47 Å². The number of carboxylic acid groups (broad SMARTS) is 1. The number of rotatable bonds is 3. The number of methoxy groups -OCH3 is 1. The molecular weight excluding hydrogens is 274 g/mol. The van der Waals surface area contributed by atoms with E-state index >= 15 is 0 Å². The van der Waals surface area contributed by atoms with Gasteiger partial charge in [-0.25, -0.2) is 4.79 Å². The number of hydrogen-bond acceptors (Lipinski definition) is 5. The van der Waals surface area contributed by atoms with Gasteiger partial charge in [0.2, 0.25) is 0 Å². The molecule has 3 atom stereocenters. The van der Waals surface area contributed by atoms with E-state index in [-0.39, 0.29) is 29.4 Å². The first-order chi connectivity index (χ1) is 9.74. The second-order valence-electron chi connectivity index (χ2n) is 6.63. The number of hydrogen-bond donors (Lipinski definition) is 1. The minimum Gasteiger partial charge on any atom is -0.476 e. The largest absolute Gasteiger partial charge is 0.476 e. The van der Waals surface area contributed by atoms with E-state index < -0.39 is 5.97 Å². The molecule has 0 aromatic carbocycles. The van der Waals surface area contributed by atoms with Gasteiger partial charge in [-0.15, -0.1) is 0 Å². The van der Waals surface area contributed by atoms with Crippen LogP contribution in [0, 0.1) is 12.3 Å². The van der Waals surface area contributed by atoms with Crippen molar-refractivity contribution in [3.8, 4) is 0 Å². The molecule has 1 aliphatic heterocycles. The number of aromatic nitrogens is 1. The van der Waals surface area contributed by atoms with E-state index in [0.717, 1.165) is 6.42 Å². The van der Waals surface area contributed by atoms with Crippen molar-refractivity contribution in [2.75, 3.05) is 7.11 Å². The fourth-order valence-corrected chi connectivity index (χ4v) is 2.65. The van der Waals surface area contributed by atoms with Gasteiger partial charge in [0.05, 0.1) is 12.2 Å². The topological polar surface area (TPSA) is 81.8 Å². The molecule has 6 heteroatoms. The maximum atomic E-state index is 11.1. The summed E-state index contributed by atoms with van der Waals surface area (Å²) in [5, 5.41) is 12.7. The van der Waals surface area contributed by atoms with Crippen LogP contribution in [-0.4, -0.2) is 35.6 Å². The lowest BCUT2D eigenvalue weighted by atomic mass is 9.82. The Labute approximate surface area is 124 Å². The Balaban J connectivity index is 2.28. The quantitative estimate of drug-likeness (QED) is 0.923. The van der Waals surface area contributed by atoms with Crippen LogP contribution in [0.1, 0.15) is 61.5 Å². The molecule has 21 heavy (non-hydrogen) atoms. The lowest BCUT2D eigenvalue weighted by molar-refractivity contribution is -0.150. The number of ether oxygens (including phenoxy) is 2. The summed E-state index contributed by atoms with van der Waals surface area (Å²) in [4.78, 5) is 11.1. The Morgan fingerprint density at radius 1 is 1.38 bits per heavy atom. The van der Waals surface area contributed by atoms with E-state index in [9.17, 15) is 4.79 Å². The predicted molar refractivity (Wildman–Crippen MR) is 75.3 cm³/mol. The molecule has 0 bridgehead atoms. The lowest BCUT2D eigenvalue weighted by Gasteiger charge is -2.40. The summed E-state index contributed by atoms with van der Waals surface area (Å²) in [5.41, 5.74) is 0.441. The first-order valence-electron chi connectivity index (χ1n) is 7.11. The van der Waals surface area contributed by atoms with E-state index in [4.69, 9.17) is 19.1 Å². The standard InChI is InChI=1S/C15H23NO5/c1-8-12(14(17)18)16-21-13(8)10-6-9(19-5)7-11(20-10)15(2,3)4/h9-11H,6-7H2,1-5H3,(H,17,18)/t9-,10+,11?/m0/s1. The van der Waals surface area contributed by atoms with E-state index in [1.165, 1.54) is 0 Å². The highest BCUT2D eigenvalue weighted by atomic mass is 16.5. The molecule has 0 radical (unpaired) electrons. The van der Waals surface area contributed by atoms with Gasteiger partial charge in [0.1, 0.15) is 6.10 Å². The van der Waals surface area contributed by atoms with Gasteiger partial charge < -0.3 is 19.1 Å². The number of nitrogens with zero attached hydrogens (tertiary/aromatic N) is 1. The third-order valence-electron chi connectivity index (χ3n) is 4.04. The summed E-state index contributed by atoms with van der Waals surface area (Å²) in [7, 11) is 1.68. The van der Waals surface area contributed by atoms with Crippen LogP contribution in [0.25, 0.3) is 0 Å². The maximum absolute atomic E-state index is 11.1. The van der Waals surface area contributed by atoms with Crippen LogP contribution in [0.2, 0.25) is 0 Å². The molecule has 1 N–H and O–H groups in total. The van der Waals surface area contributed by atoms with Crippen molar-refractivity contribution in [1.82, 2.24) is 5.16 Å². The fraction of sp³-hybridized carbons (Fsp3) is 0.733. The summed E-state index contributed by atoms with van der Waals surface area (Å²) < 4.78 is 16.9. The zero-order valence-electron chi connectivity index (χ0n) is 13.2.